The van der Waals surface area contributed by atoms with Crippen LogP contribution in [0.25, 0.3) is 5.69 Å². The molecule has 8 nitrogen and oxygen atoms in total. The average molecular weight is 466 g/mol. The fraction of sp³-hybridized carbons (Fsp3) is 0.294. The van der Waals surface area contributed by atoms with Crippen molar-refractivity contribution in [2.24, 2.45) is 4.99 Å². The Bertz CT molecular complexity index is 782. The summed E-state index contributed by atoms with van der Waals surface area (Å²) in [6.45, 7) is 2.22. The molecular weight excluding hydrogens is 443 g/mol. The van der Waals surface area contributed by atoms with Gasteiger partial charge >= 0.3 is 0 Å². The fourth-order valence-corrected chi connectivity index (χ4v) is 2.45. The van der Waals surface area contributed by atoms with Gasteiger partial charge in [-0.1, -0.05) is 18.2 Å². The predicted molar refractivity (Wildman–Crippen MR) is 112 cm³/mol. The largest absolute Gasteiger partial charge is 0.356 e. The maximum absolute atomic E-state index is 4.24. The summed E-state index contributed by atoms with van der Waals surface area (Å²) in [6, 6.07) is 11.9. The van der Waals surface area contributed by atoms with E-state index >= 15 is 0 Å². The topological polar surface area (TPSA) is 84.9 Å². The van der Waals surface area contributed by atoms with Gasteiger partial charge in [-0.25, -0.2) is 0 Å². The zero-order valence-electron chi connectivity index (χ0n) is 14.6. The minimum Gasteiger partial charge on any atom is -0.356 e. The normalized spacial score (nSPS) is 11.0. The third-order valence-electron chi connectivity index (χ3n) is 3.71. The molecule has 0 aliphatic carbocycles. The van der Waals surface area contributed by atoms with E-state index in [4.69, 9.17) is 0 Å². The Hall–Kier alpha value is -2.43. The maximum Gasteiger partial charge on any atom is 0.191 e. The molecule has 0 spiro atoms. The zero-order valence-corrected chi connectivity index (χ0v) is 16.9. The second-order valence-corrected chi connectivity index (χ2v) is 5.43. The third kappa shape index (κ3) is 5.55. The van der Waals surface area contributed by atoms with Crippen molar-refractivity contribution >= 4 is 29.9 Å². The van der Waals surface area contributed by atoms with Crippen molar-refractivity contribution in [3.8, 4) is 5.69 Å². The number of nitrogens with one attached hydrogen (secondary N) is 2. The van der Waals surface area contributed by atoms with Gasteiger partial charge < -0.3 is 10.6 Å². The van der Waals surface area contributed by atoms with E-state index in [-0.39, 0.29) is 24.0 Å². The number of hydrogen-bond acceptors (Lipinski definition) is 4. The maximum atomic E-state index is 4.24. The molecule has 0 saturated heterocycles. The van der Waals surface area contributed by atoms with E-state index in [1.54, 1.807) is 19.6 Å². The second-order valence-electron chi connectivity index (χ2n) is 5.43. The summed E-state index contributed by atoms with van der Waals surface area (Å²) in [4.78, 5) is 4.24. The Morgan fingerprint density at radius 2 is 2.00 bits per heavy atom. The van der Waals surface area contributed by atoms with Crippen LogP contribution in [0.4, 0.5) is 0 Å². The van der Waals surface area contributed by atoms with Crippen molar-refractivity contribution in [2.75, 3.05) is 13.6 Å². The SMILES string of the molecule is CN=C(NCCCn1cccn1)NCc1nncn1-c1ccccc1.I. The summed E-state index contributed by atoms with van der Waals surface area (Å²) in [7, 11) is 1.75. The van der Waals surface area contributed by atoms with Crippen LogP contribution in [0, 0.1) is 0 Å². The molecule has 0 bridgehead atoms. The Labute approximate surface area is 169 Å². The first-order chi connectivity index (χ1) is 12.4. The second kappa shape index (κ2) is 10.5. The Kier molecular flexibility index (Phi) is 8.06. The predicted octanol–water partition coefficient (Wildman–Crippen LogP) is 1.84. The number of benzene rings is 1. The van der Waals surface area contributed by atoms with Gasteiger partial charge in [0.2, 0.25) is 0 Å². The molecule has 0 aliphatic heterocycles. The fourth-order valence-electron chi connectivity index (χ4n) is 2.45. The van der Waals surface area contributed by atoms with Crippen molar-refractivity contribution in [1.29, 1.82) is 0 Å². The van der Waals surface area contributed by atoms with Crippen LogP contribution in [0.2, 0.25) is 0 Å². The first kappa shape index (κ1) is 19.9. The molecule has 3 rings (SSSR count). The molecule has 0 radical (unpaired) electrons. The molecule has 3 aromatic rings. The lowest BCUT2D eigenvalue weighted by atomic mass is 10.3. The molecule has 26 heavy (non-hydrogen) atoms. The number of halogens is 1. The number of rotatable bonds is 7. The Morgan fingerprint density at radius 3 is 2.73 bits per heavy atom. The van der Waals surface area contributed by atoms with Crippen LogP contribution in [-0.2, 0) is 13.1 Å². The van der Waals surface area contributed by atoms with Gasteiger partial charge in [-0.05, 0) is 24.6 Å². The highest BCUT2D eigenvalue weighted by Crippen LogP contribution is 2.08. The lowest BCUT2D eigenvalue weighted by Crippen LogP contribution is -2.38. The standard InChI is InChI=1S/C17H22N8.HI/c1-18-17(19-9-5-11-24-12-6-10-22-24)20-13-16-23-21-14-25(16)15-7-3-2-4-8-15;/h2-4,6-8,10,12,14H,5,9,11,13H2,1H3,(H2,18,19,20);1H. The quantitative estimate of drug-likeness (QED) is 0.240. The number of aliphatic imine (C=N–C) groups is 1. The summed E-state index contributed by atoms with van der Waals surface area (Å²) < 4.78 is 3.87. The number of aryl methyl sites for hydroxylation is 1. The molecule has 138 valence electrons. The van der Waals surface area contributed by atoms with E-state index in [9.17, 15) is 0 Å². The van der Waals surface area contributed by atoms with Crippen LogP contribution in [0.3, 0.4) is 0 Å². The number of para-hydroxylation sites is 1. The van der Waals surface area contributed by atoms with Crippen molar-refractivity contribution in [3.05, 3.63) is 60.9 Å². The Morgan fingerprint density at radius 1 is 1.15 bits per heavy atom. The molecule has 0 unspecified atom stereocenters. The molecule has 2 heterocycles. The lowest BCUT2D eigenvalue weighted by molar-refractivity contribution is 0.570. The van der Waals surface area contributed by atoms with E-state index in [2.05, 4.69) is 30.9 Å². The minimum atomic E-state index is 0. The van der Waals surface area contributed by atoms with Crippen LogP contribution in [0.15, 0.2) is 60.1 Å². The van der Waals surface area contributed by atoms with E-state index < -0.39 is 0 Å². The smallest absolute Gasteiger partial charge is 0.191 e. The molecule has 2 N–H and O–H groups in total. The summed E-state index contributed by atoms with van der Waals surface area (Å²) in [6.07, 6.45) is 6.43. The number of hydrogen-bond donors (Lipinski definition) is 2. The van der Waals surface area contributed by atoms with Gasteiger partial charge in [0.15, 0.2) is 11.8 Å². The minimum absolute atomic E-state index is 0. The third-order valence-corrected chi connectivity index (χ3v) is 3.71. The van der Waals surface area contributed by atoms with E-state index in [1.807, 2.05) is 51.8 Å². The monoisotopic (exact) mass is 466 g/mol. The van der Waals surface area contributed by atoms with Gasteiger partial charge in [0.25, 0.3) is 0 Å². The molecule has 9 heteroatoms. The summed E-state index contributed by atoms with van der Waals surface area (Å²) in [5.74, 6) is 1.56. The van der Waals surface area contributed by atoms with E-state index in [0.717, 1.165) is 37.0 Å². The van der Waals surface area contributed by atoms with Crippen LogP contribution in [0.1, 0.15) is 12.2 Å². The van der Waals surface area contributed by atoms with Gasteiger partial charge in [-0.3, -0.25) is 14.2 Å². The van der Waals surface area contributed by atoms with Crippen molar-refractivity contribution in [1.82, 2.24) is 35.2 Å². The number of nitrogens with zero attached hydrogens (tertiary/aromatic N) is 6. The van der Waals surface area contributed by atoms with Gasteiger partial charge in [0.05, 0.1) is 6.54 Å². The van der Waals surface area contributed by atoms with E-state index in [0.29, 0.717) is 6.54 Å². The number of guanidine groups is 1. The summed E-state index contributed by atoms with van der Waals surface area (Å²) in [5, 5.41) is 18.9. The highest BCUT2D eigenvalue weighted by atomic mass is 127. The van der Waals surface area contributed by atoms with E-state index in [1.165, 1.54) is 0 Å². The summed E-state index contributed by atoms with van der Waals surface area (Å²) >= 11 is 0. The molecule has 0 aliphatic rings. The number of aromatic nitrogens is 5. The van der Waals surface area contributed by atoms with Crippen LogP contribution < -0.4 is 10.6 Å². The van der Waals surface area contributed by atoms with Crippen LogP contribution >= 0.6 is 24.0 Å². The Balaban J connectivity index is 0.00000243. The lowest BCUT2D eigenvalue weighted by Gasteiger charge is -2.12. The highest BCUT2D eigenvalue weighted by molar-refractivity contribution is 14.0. The van der Waals surface area contributed by atoms with Crippen LogP contribution in [-0.4, -0.2) is 44.1 Å². The van der Waals surface area contributed by atoms with Gasteiger partial charge in [-0.15, -0.1) is 34.2 Å². The molecule has 2 aromatic heterocycles. The molecule has 0 fully saturated rings. The van der Waals surface area contributed by atoms with Gasteiger partial charge in [0.1, 0.15) is 6.33 Å². The van der Waals surface area contributed by atoms with Crippen molar-refractivity contribution in [2.45, 2.75) is 19.5 Å². The first-order valence-corrected chi connectivity index (χ1v) is 8.23. The molecule has 1 aromatic carbocycles. The van der Waals surface area contributed by atoms with Crippen molar-refractivity contribution in [3.63, 3.8) is 0 Å². The summed E-state index contributed by atoms with van der Waals surface area (Å²) in [5.41, 5.74) is 1.03. The van der Waals surface area contributed by atoms with Crippen molar-refractivity contribution < 1.29 is 0 Å². The van der Waals surface area contributed by atoms with Gasteiger partial charge in [0, 0.05) is 38.2 Å². The molecule has 0 saturated carbocycles. The molecule has 0 amide bonds. The van der Waals surface area contributed by atoms with Crippen LogP contribution in [0.5, 0.6) is 0 Å². The average Bonchev–Trinajstić information content (AvgIpc) is 3.33. The molecular formula is C17H23IN8. The molecule has 0 atom stereocenters. The van der Waals surface area contributed by atoms with Gasteiger partial charge in [-0.2, -0.15) is 5.10 Å². The highest BCUT2D eigenvalue weighted by Gasteiger charge is 2.07. The zero-order chi connectivity index (χ0) is 17.3. The first-order valence-electron chi connectivity index (χ1n) is 8.23.